The Morgan fingerprint density at radius 1 is 1.00 bits per heavy atom. The van der Waals surface area contributed by atoms with E-state index >= 15 is 0 Å². The Bertz CT molecular complexity index is 857. The van der Waals surface area contributed by atoms with Crippen LogP contribution in [0.25, 0.3) is 0 Å². The van der Waals surface area contributed by atoms with Gasteiger partial charge in [-0.15, -0.1) is 11.8 Å². The van der Waals surface area contributed by atoms with Gasteiger partial charge in [-0.05, 0) is 37.4 Å². The van der Waals surface area contributed by atoms with Gasteiger partial charge >= 0.3 is 5.97 Å². The largest absolute Gasteiger partial charge is 0.425 e. The van der Waals surface area contributed by atoms with E-state index in [0.717, 1.165) is 4.90 Å². The topological polar surface area (TPSA) is 63.7 Å². The lowest BCUT2D eigenvalue weighted by Gasteiger charge is -2.24. The van der Waals surface area contributed by atoms with Crippen molar-refractivity contribution in [3.8, 4) is 0 Å². The predicted molar refractivity (Wildman–Crippen MR) is 99.9 cm³/mol. The molecule has 0 saturated heterocycles. The summed E-state index contributed by atoms with van der Waals surface area (Å²) < 4.78 is 5.50. The highest BCUT2D eigenvalue weighted by atomic mass is 32.2. The average molecular weight is 367 g/mol. The van der Waals surface area contributed by atoms with E-state index < -0.39 is 12.0 Å². The van der Waals surface area contributed by atoms with Gasteiger partial charge < -0.3 is 4.74 Å². The normalized spacial score (nSPS) is 15.0. The molecule has 132 valence electrons. The van der Waals surface area contributed by atoms with Gasteiger partial charge in [0.2, 0.25) is 0 Å². The molecule has 1 aliphatic heterocycles. The van der Waals surface area contributed by atoms with Crippen LogP contribution >= 0.6 is 11.8 Å². The maximum atomic E-state index is 12.6. The van der Waals surface area contributed by atoms with E-state index in [1.165, 1.54) is 11.8 Å². The molecule has 0 radical (unpaired) electrons. The van der Waals surface area contributed by atoms with E-state index in [-0.39, 0.29) is 17.6 Å². The Balaban J connectivity index is 1.85. The molecule has 2 aromatic rings. The van der Waals surface area contributed by atoms with Crippen LogP contribution in [0.15, 0.2) is 65.8 Å². The number of nitrogens with zero attached hydrogens (tertiary/aromatic N) is 1. The van der Waals surface area contributed by atoms with Gasteiger partial charge in [-0.25, -0.2) is 4.79 Å². The first-order valence-electron chi connectivity index (χ1n) is 8.01. The summed E-state index contributed by atoms with van der Waals surface area (Å²) in [4.78, 5) is 38.8. The molecular formula is C20H17NO4S. The summed E-state index contributed by atoms with van der Waals surface area (Å²) in [5.74, 6) is -1.06. The lowest BCUT2D eigenvalue weighted by molar-refractivity contribution is 0.0475. The molecule has 6 heteroatoms. The Morgan fingerprint density at radius 2 is 1.54 bits per heavy atom. The smallest absolute Gasteiger partial charge is 0.343 e. The zero-order valence-corrected chi connectivity index (χ0v) is 15.2. The van der Waals surface area contributed by atoms with Gasteiger partial charge in [-0.3, -0.25) is 14.5 Å². The fraction of sp³-hybridized carbons (Fsp3) is 0.150. The van der Waals surface area contributed by atoms with Gasteiger partial charge in [0, 0.05) is 5.41 Å². The number of ether oxygens (including phenoxy) is 1. The van der Waals surface area contributed by atoms with Crippen molar-refractivity contribution in [2.24, 2.45) is 0 Å². The summed E-state index contributed by atoms with van der Waals surface area (Å²) in [5.41, 5.74) is 1.12. The van der Waals surface area contributed by atoms with E-state index in [2.05, 4.69) is 0 Å². The molecular weight excluding hydrogens is 350 g/mol. The van der Waals surface area contributed by atoms with Crippen molar-refractivity contribution < 1.29 is 19.1 Å². The van der Waals surface area contributed by atoms with Crippen LogP contribution in [0.3, 0.4) is 0 Å². The molecule has 2 amide bonds. The molecule has 5 nitrogen and oxygen atoms in total. The Morgan fingerprint density at radius 3 is 2.08 bits per heavy atom. The molecule has 0 spiro atoms. The molecule has 2 aromatic carbocycles. The number of thioether (sulfide) groups is 1. The highest BCUT2D eigenvalue weighted by Gasteiger charge is 2.40. The van der Waals surface area contributed by atoms with Gasteiger partial charge in [0.25, 0.3) is 11.8 Å². The van der Waals surface area contributed by atoms with Crippen molar-refractivity contribution in [1.82, 2.24) is 4.90 Å². The molecule has 3 rings (SSSR count). The lowest BCUT2D eigenvalue weighted by Crippen LogP contribution is -2.40. The minimum Gasteiger partial charge on any atom is -0.425 e. The number of fused-ring (bicyclic) bond motifs is 1. The minimum atomic E-state index is -0.706. The number of esters is 1. The second-order valence-electron chi connectivity index (χ2n) is 5.71. The monoisotopic (exact) mass is 367 g/mol. The molecule has 0 bridgehead atoms. The first kappa shape index (κ1) is 17.9. The second kappa shape index (κ2) is 7.58. The van der Waals surface area contributed by atoms with Gasteiger partial charge in [-0.2, -0.15) is 0 Å². The van der Waals surface area contributed by atoms with Crippen LogP contribution in [0.1, 0.15) is 38.0 Å². The van der Waals surface area contributed by atoms with E-state index in [1.807, 2.05) is 6.26 Å². The number of hydrogen-bond acceptors (Lipinski definition) is 5. The summed E-state index contributed by atoms with van der Waals surface area (Å²) >= 11 is 1.33. The van der Waals surface area contributed by atoms with Crippen molar-refractivity contribution in [1.29, 1.82) is 0 Å². The molecule has 1 heterocycles. The van der Waals surface area contributed by atoms with E-state index in [9.17, 15) is 14.4 Å². The minimum absolute atomic E-state index is 0.251. The zero-order valence-electron chi connectivity index (χ0n) is 14.3. The summed E-state index contributed by atoms with van der Waals surface area (Å²) in [6.45, 7) is 1.67. The molecule has 0 saturated carbocycles. The molecule has 1 unspecified atom stereocenters. The molecule has 1 atom stereocenters. The van der Waals surface area contributed by atoms with Crippen molar-refractivity contribution in [2.75, 3.05) is 6.26 Å². The van der Waals surface area contributed by atoms with Crippen LogP contribution in [0.5, 0.6) is 0 Å². The van der Waals surface area contributed by atoms with Crippen LogP contribution in [0.4, 0.5) is 0 Å². The Hall–Kier alpha value is -2.86. The van der Waals surface area contributed by atoms with E-state index in [4.69, 9.17) is 4.74 Å². The standard InChI is InChI=1S/C20H17NO4S/c1-13(21-18(22)15-10-6-7-11-16(15)19(21)23)17(12-26-2)25-20(24)14-8-4-3-5-9-14/h3-13H,1-2H3/b17-12-. The Kier molecular flexibility index (Phi) is 5.23. The average Bonchev–Trinajstić information content (AvgIpc) is 2.92. The lowest BCUT2D eigenvalue weighted by atomic mass is 10.1. The summed E-state index contributed by atoms with van der Waals surface area (Å²) in [6.07, 6.45) is 1.81. The third-order valence-electron chi connectivity index (χ3n) is 4.08. The Labute approximate surface area is 155 Å². The third kappa shape index (κ3) is 3.28. The van der Waals surface area contributed by atoms with Crippen LogP contribution in [-0.2, 0) is 4.74 Å². The maximum absolute atomic E-state index is 12.6. The summed E-state index contributed by atoms with van der Waals surface area (Å²) in [6, 6.07) is 14.5. The first-order chi connectivity index (χ1) is 12.5. The summed E-state index contributed by atoms with van der Waals surface area (Å²) in [7, 11) is 0. The van der Waals surface area contributed by atoms with Crippen LogP contribution in [0, 0.1) is 0 Å². The maximum Gasteiger partial charge on any atom is 0.343 e. The predicted octanol–water partition coefficient (Wildman–Crippen LogP) is 3.73. The number of hydrogen-bond donors (Lipinski definition) is 0. The van der Waals surface area contributed by atoms with Crippen LogP contribution in [0.2, 0.25) is 0 Å². The number of imide groups is 1. The van der Waals surface area contributed by atoms with Gasteiger partial charge in [0.1, 0.15) is 5.76 Å². The third-order valence-corrected chi connectivity index (χ3v) is 4.55. The number of carbonyl (C=O) groups is 3. The van der Waals surface area contributed by atoms with E-state index in [0.29, 0.717) is 16.7 Å². The zero-order chi connectivity index (χ0) is 18.7. The van der Waals surface area contributed by atoms with Gasteiger partial charge in [0.15, 0.2) is 0 Å². The highest BCUT2D eigenvalue weighted by Crippen LogP contribution is 2.28. The van der Waals surface area contributed by atoms with Crippen molar-refractivity contribution >= 4 is 29.5 Å². The van der Waals surface area contributed by atoms with Crippen molar-refractivity contribution in [3.63, 3.8) is 0 Å². The molecule has 0 fully saturated rings. The fourth-order valence-corrected chi connectivity index (χ4v) is 3.23. The van der Waals surface area contributed by atoms with E-state index in [1.54, 1.807) is 66.9 Å². The molecule has 0 N–H and O–H groups in total. The molecule has 26 heavy (non-hydrogen) atoms. The summed E-state index contributed by atoms with van der Waals surface area (Å²) in [5, 5.41) is 1.63. The van der Waals surface area contributed by atoms with Crippen molar-refractivity contribution in [2.45, 2.75) is 13.0 Å². The molecule has 0 aliphatic carbocycles. The van der Waals surface area contributed by atoms with Gasteiger partial charge in [-0.1, -0.05) is 30.3 Å². The van der Waals surface area contributed by atoms with Gasteiger partial charge in [0.05, 0.1) is 22.7 Å². The first-order valence-corrected chi connectivity index (χ1v) is 9.30. The number of benzene rings is 2. The van der Waals surface area contributed by atoms with Crippen LogP contribution < -0.4 is 0 Å². The number of rotatable bonds is 5. The second-order valence-corrected chi connectivity index (χ2v) is 6.42. The quantitative estimate of drug-likeness (QED) is 0.458. The molecule has 0 aromatic heterocycles. The highest BCUT2D eigenvalue weighted by molar-refractivity contribution is 8.01. The van der Waals surface area contributed by atoms with Crippen molar-refractivity contribution in [3.05, 3.63) is 82.5 Å². The number of amides is 2. The SMILES string of the molecule is CS/C=C(\OC(=O)c1ccccc1)C(C)N1C(=O)c2ccccc2C1=O. The fourth-order valence-electron chi connectivity index (χ4n) is 2.75. The number of carbonyl (C=O) groups excluding carboxylic acids is 3. The molecule has 1 aliphatic rings. The van der Waals surface area contributed by atoms with Crippen LogP contribution in [-0.4, -0.2) is 35.0 Å².